The second-order valence-electron chi connectivity index (χ2n) is 4.51. The fraction of sp³-hybridized carbons (Fsp3) is 0.429. The van der Waals surface area contributed by atoms with Crippen molar-refractivity contribution in [3.63, 3.8) is 0 Å². The van der Waals surface area contributed by atoms with E-state index in [0.29, 0.717) is 11.3 Å². The molecular weight excluding hydrogens is 230 g/mol. The highest BCUT2D eigenvalue weighted by Gasteiger charge is 2.13. The lowest BCUT2D eigenvalue weighted by Crippen LogP contribution is -2.20. The van der Waals surface area contributed by atoms with E-state index in [1.807, 2.05) is 13.8 Å². The Morgan fingerprint density at radius 1 is 1.39 bits per heavy atom. The van der Waals surface area contributed by atoms with Gasteiger partial charge in [0, 0.05) is 11.6 Å². The number of amides is 1. The number of carboxylic acid groups (broad SMARTS) is 1. The molecular formula is C14H19NO3. The standard InChI is InChI=1S/C14H19NO3/c1-4-5-10(3)13(16)15-11-7-6-9(2)12(8-11)14(17)18/h6-8,10H,4-5H2,1-3H3,(H,15,16)(H,17,18). The van der Waals surface area contributed by atoms with Gasteiger partial charge in [-0.15, -0.1) is 0 Å². The van der Waals surface area contributed by atoms with Crippen molar-refractivity contribution < 1.29 is 14.7 Å². The average Bonchev–Trinajstić information content (AvgIpc) is 2.31. The molecule has 1 unspecified atom stereocenters. The van der Waals surface area contributed by atoms with E-state index in [4.69, 9.17) is 5.11 Å². The number of carbonyl (C=O) groups excluding carboxylic acids is 1. The third kappa shape index (κ3) is 3.58. The molecule has 0 radical (unpaired) electrons. The topological polar surface area (TPSA) is 66.4 Å². The summed E-state index contributed by atoms with van der Waals surface area (Å²) < 4.78 is 0. The van der Waals surface area contributed by atoms with Gasteiger partial charge in [-0.1, -0.05) is 26.3 Å². The highest BCUT2D eigenvalue weighted by Crippen LogP contribution is 2.17. The lowest BCUT2D eigenvalue weighted by Gasteiger charge is -2.12. The van der Waals surface area contributed by atoms with Gasteiger partial charge in [0.05, 0.1) is 5.56 Å². The predicted octanol–water partition coefficient (Wildman–Crippen LogP) is 3.07. The Balaban J connectivity index is 2.82. The van der Waals surface area contributed by atoms with Crippen LogP contribution in [0.4, 0.5) is 5.69 Å². The second kappa shape index (κ2) is 6.19. The molecule has 1 aromatic carbocycles. The third-order valence-electron chi connectivity index (χ3n) is 2.90. The van der Waals surface area contributed by atoms with Crippen LogP contribution in [0.3, 0.4) is 0 Å². The van der Waals surface area contributed by atoms with Gasteiger partial charge in [0.1, 0.15) is 0 Å². The number of rotatable bonds is 5. The Labute approximate surface area is 107 Å². The normalized spacial score (nSPS) is 11.9. The van der Waals surface area contributed by atoms with Gasteiger partial charge in [0.2, 0.25) is 5.91 Å². The number of carboxylic acids is 1. The van der Waals surface area contributed by atoms with Gasteiger partial charge in [0.25, 0.3) is 0 Å². The smallest absolute Gasteiger partial charge is 0.336 e. The monoisotopic (exact) mass is 249 g/mol. The van der Waals surface area contributed by atoms with Gasteiger partial charge in [-0.2, -0.15) is 0 Å². The van der Waals surface area contributed by atoms with Crippen LogP contribution < -0.4 is 5.32 Å². The van der Waals surface area contributed by atoms with Gasteiger partial charge < -0.3 is 10.4 Å². The van der Waals surface area contributed by atoms with Crippen molar-refractivity contribution in [2.45, 2.75) is 33.6 Å². The zero-order chi connectivity index (χ0) is 13.7. The first kappa shape index (κ1) is 14.2. The van der Waals surface area contributed by atoms with Crippen LogP contribution in [-0.4, -0.2) is 17.0 Å². The molecule has 2 N–H and O–H groups in total. The minimum absolute atomic E-state index is 0.0652. The highest BCUT2D eigenvalue weighted by atomic mass is 16.4. The van der Waals surface area contributed by atoms with Crippen molar-refractivity contribution in [1.29, 1.82) is 0 Å². The molecule has 1 amide bonds. The predicted molar refractivity (Wildman–Crippen MR) is 70.8 cm³/mol. The molecule has 1 atom stereocenters. The van der Waals surface area contributed by atoms with Crippen molar-refractivity contribution in [2.75, 3.05) is 5.32 Å². The van der Waals surface area contributed by atoms with E-state index in [0.717, 1.165) is 12.8 Å². The van der Waals surface area contributed by atoms with Crippen molar-refractivity contribution >= 4 is 17.6 Å². The molecule has 1 rings (SSSR count). The van der Waals surface area contributed by atoms with Gasteiger partial charge in [-0.3, -0.25) is 4.79 Å². The Hall–Kier alpha value is -1.84. The molecule has 0 aliphatic rings. The molecule has 0 bridgehead atoms. The largest absolute Gasteiger partial charge is 0.478 e. The zero-order valence-corrected chi connectivity index (χ0v) is 11.0. The SMILES string of the molecule is CCCC(C)C(=O)Nc1ccc(C)c(C(=O)O)c1. The summed E-state index contributed by atoms with van der Waals surface area (Å²) >= 11 is 0. The van der Waals surface area contributed by atoms with Crippen LogP contribution in [0.15, 0.2) is 18.2 Å². The zero-order valence-electron chi connectivity index (χ0n) is 11.0. The lowest BCUT2D eigenvalue weighted by atomic mass is 10.0. The van der Waals surface area contributed by atoms with Crippen LogP contribution in [-0.2, 0) is 4.79 Å². The highest BCUT2D eigenvalue weighted by molar-refractivity contribution is 5.95. The second-order valence-corrected chi connectivity index (χ2v) is 4.51. The maximum atomic E-state index is 11.8. The number of aromatic carboxylic acids is 1. The van der Waals surface area contributed by atoms with Gasteiger partial charge in [-0.25, -0.2) is 4.79 Å². The Kier molecular flexibility index (Phi) is 4.89. The van der Waals surface area contributed by atoms with Crippen molar-refractivity contribution in [1.82, 2.24) is 0 Å². The van der Waals surface area contributed by atoms with Crippen molar-refractivity contribution in [3.05, 3.63) is 29.3 Å². The van der Waals surface area contributed by atoms with Crippen LogP contribution in [0, 0.1) is 12.8 Å². The minimum Gasteiger partial charge on any atom is -0.478 e. The average molecular weight is 249 g/mol. The first-order chi connectivity index (χ1) is 8.45. The van der Waals surface area contributed by atoms with E-state index >= 15 is 0 Å². The number of nitrogens with one attached hydrogen (secondary N) is 1. The summed E-state index contributed by atoms with van der Waals surface area (Å²) in [5, 5.41) is 11.8. The van der Waals surface area contributed by atoms with Crippen LogP contribution >= 0.6 is 0 Å². The van der Waals surface area contributed by atoms with E-state index in [9.17, 15) is 9.59 Å². The summed E-state index contributed by atoms with van der Waals surface area (Å²) in [6.45, 7) is 5.62. The number of hydrogen-bond donors (Lipinski definition) is 2. The van der Waals surface area contributed by atoms with E-state index < -0.39 is 5.97 Å². The molecule has 4 heteroatoms. The molecule has 4 nitrogen and oxygen atoms in total. The molecule has 0 aromatic heterocycles. The molecule has 18 heavy (non-hydrogen) atoms. The molecule has 0 aliphatic carbocycles. The van der Waals surface area contributed by atoms with Crippen LogP contribution in [0.1, 0.15) is 42.6 Å². The van der Waals surface area contributed by atoms with Gasteiger partial charge in [0.15, 0.2) is 0 Å². The maximum absolute atomic E-state index is 11.8. The first-order valence-electron chi connectivity index (χ1n) is 6.10. The number of benzene rings is 1. The molecule has 0 saturated heterocycles. The quantitative estimate of drug-likeness (QED) is 0.842. The number of aryl methyl sites for hydroxylation is 1. The summed E-state index contributed by atoms with van der Waals surface area (Å²) in [7, 11) is 0. The third-order valence-corrected chi connectivity index (χ3v) is 2.90. The first-order valence-corrected chi connectivity index (χ1v) is 6.10. The van der Waals surface area contributed by atoms with Gasteiger partial charge in [-0.05, 0) is 31.0 Å². The molecule has 0 saturated carbocycles. The summed E-state index contributed by atoms with van der Waals surface area (Å²) in [4.78, 5) is 22.8. The number of carbonyl (C=O) groups is 2. The Morgan fingerprint density at radius 2 is 2.06 bits per heavy atom. The summed E-state index contributed by atoms with van der Waals surface area (Å²) in [5.41, 5.74) is 1.43. The van der Waals surface area contributed by atoms with E-state index in [2.05, 4.69) is 5.32 Å². The van der Waals surface area contributed by atoms with Crippen molar-refractivity contribution in [3.8, 4) is 0 Å². The molecule has 1 aromatic rings. The fourth-order valence-electron chi connectivity index (χ4n) is 1.76. The molecule has 0 heterocycles. The summed E-state index contributed by atoms with van der Waals surface area (Å²) in [5.74, 6) is -1.12. The summed E-state index contributed by atoms with van der Waals surface area (Å²) in [6, 6.07) is 4.91. The molecule has 98 valence electrons. The van der Waals surface area contributed by atoms with Crippen LogP contribution in [0.25, 0.3) is 0 Å². The Bertz CT molecular complexity index is 454. The fourth-order valence-corrected chi connectivity index (χ4v) is 1.76. The van der Waals surface area contributed by atoms with Crippen LogP contribution in [0.5, 0.6) is 0 Å². The number of anilines is 1. The van der Waals surface area contributed by atoms with E-state index in [-0.39, 0.29) is 17.4 Å². The van der Waals surface area contributed by atoms with Crippen LogP contribution in [0.2, 0.25) is 0 Å². The number of hydrogen-bond acceptors (Lipinski definition) is 2. The van der Waals surface area contributed by atoms with E-state index in [1.165, 1.54) is 6.07 Å². The minimum atomic E-state index is -0.981. The lowest BCUT2D eigenvalue weighted by molar-refractivity contribution is -0.119. The summed E-state index contributed by atoms with van der Waals surface area (Å²) in [6.07, 6.45) is 1.77. The van der Waals surface area contributed by atoms with E-state index in [1.54, 1.807) is 19.1 Å². The molecule has 0 fully saturated rings. The maximum Gasteiger partial charge on any atom is 0.336 e. The molecule has 0 aliphatic heterocycles. The molecule has 0 spiro atoms. The van der Waals surface area contributed by atoms with Crippen molar-refractivity contribution in [2.24, 2.45) is 5.92 Å². The Morgan fingerprint density at radius 3 is 2.61 bits per heavy atom. The van der Waals surface area contributed by atoms with Gasteiger partial charge >= 0.3 is 5.97 Å².